The van der Waals surface area contributed by atoms with Gasteiger partial charge in [0, 0.05) is 0 Å². The second-order valence-electron chi connectivity index (χ2n) is 12.0. The lowest BCUT2D eigenvalue weighted by atomic mass is 9.66. The lowest BCUT2D eigenvalue weighted by Crippen LogP contribution is -2.43. The molecule has 6 nitrogen and oxygen atoms in total. The van der Waals surface area contributed by atoms with E-state index >= 15 is 0 Å². The van der Waals surface area contributed by atoms with E-state index in [2.05, 4.69) is 27.7 Å². The van der Waals surface area contributed by atoms with E-state index in [1.165, 1.54) is 6.42 Å². The summed E-state index contributed by atoms with van der Waals surface area (Å²) in [5, 5.41) is 28.1. The number of hydrogen-bond donors (Lipinski definition) is 3. The van der Waals surface area contributed by atoms with Crippen molar-refractivity contribution in [2.45, 2.75) is 101 Å². The summed E-state index contributed by atoms with van der Waals surface area (Å²) in [6.45, 7) is 10.6. The van der Waals surface area contributed by atoms with Crippen LogP contribution in [0.25, 0.3) is 0 Å². The van der Waals surface area contributed by atoms with Crippen LogP contribution in [0.2, 0.25) is 0 Å². The minimum Gasteiger partial charge on any atom is -0.481 e. The van der Waals surface area contributed by atoms with E-state index in [0.29, 0.717) is 35.5 Å². The molecule has 0 spiro atoms. The van der Waals surface area contributed by atoms with Crippen LogP contribution in [-0.2, 0) is 14.4 Å². The van der Waals surface area contributed by atoms with Gasteiger partial charge in [-0.1, -0.05) is 61.8 Å². The van der Waals surface area contributed by atoms with Crippen LogP contribution in [0.1, 0.15) is 101 Å². The van der Waals surface area contributed by atoms with Gasteiger partial charge in [-0.15, -0.1) is 0 Å². The van der Waals surface area contributed by atoms with Crippen LogP contribution in [0, 0.1) is 64.6 Å². The largest absolute Gasteiger partial charge is 0.481 e. The molecule has 11 unspecified atom stereocenters. The van der Waals surface area contributed by atoms with E-state index in [1.807, 2.05) is 6.92 Å². The second-order valence-corrected chi connectivity index (χ2v) is 12.0. The van der Waals surface area contributed by atoms with Crippen LogP contribution in [0.3, 0.4) is 0 Å². The zero-order valence-corrected chi connectivity index (χ0v) is 21.0. The Kier molecular flexibility index (Phi) is 10.9. The summed E-state index contributed by atoms with van der Waals surface area (Å²) >= 11 is 0. The van der Waals surface area contributed by atoms with Crippen molar-refractivity contribution in [1.82, 2.24) is 0 Å². The number of carboxylic acid groups (broad SMARTS) is 3. The summed E-state index contributed by atoms with van der Waals surface area (Å²) in [6.07, 6.45) is 8.40. The maximum Gasteiger partial charge on any atom is 0.309 e. The van der Waals surface area contributed by atoms with E-state index < -0.39 is 35.2 Å². The molecule has 4 rings (SSSR count). The second kappa shape index (κ2) is 12.1. The highest BCUT2D eigenvalue weighted by molar-refractivity contribution is 5.82. The van der Waals surface area contributed by atoms with Crippen LogP contribution in [0.15, 0.2) is 0 Å². The van der Waals surface area contributed by atoms with Gasteiger partial charge in [-0.2, -0.15) is 0 Å². The first-order valence-electron chi connectivity index (χ1n) is 13.2. The molecule has 0 aromatic rings. The normalized spacial score (nSPS) is 42.8. The van der Waals surface area contributed by atoms with Gasteiger partial charge in [0.2, 0.25) is 0 Å². The highest BCUT2D eigenvalue weighted by Gasteiger charge is 2.66. The molecule has 3 N–H and O–H groups in total. The molecule has 11 atom stereocenters. The van der Waals surface area contributed by atoms with Crippen molar-refractivity contribution in [2.75, 3.05) is 0 Å². The predicted octanol–water partition coefficient (Wildman–Crippen LogP) is 6.92. The molecule has 2 bridgehead atoms. The molecule has 0 saturated heterocycles. The lowest BCUT2D eigenvalue weighted by molar-refractivity contribution is -0.159. The standard InChI is InChI=1S/C16H24O4.C11H20O2.2CH4/c1-3-4-8-5-7(2)11-9-6-10(12(8)11)14(16(19)20)13(9)15(17)18;1-4-5-9-6-8(2)7-11(9,3)10(12)13;;/h7-14H,3-6H2,1-2H3,(H,17,18)(H,19,20);8-9H,4-7H2,1-3H3,(H,12,13);2*1H4. The quantitative estimate of drug-likeness (QED) is 0.352. The zero-order valence-electron chi connectivity index (χ0n) is 21.0. The van der Waals surface area contributed by atoms with Crippen molar-refractivity contribution >= 4 is 17.9 Å². The number of carboxylic acids is 3. The van der Waals surface area contributed by atoms with Crippen molar-refractivity contribution in [3.05, 3.63) is 0 Å². The molecule has 4 saturated carbocycles. The molecule has 204 valence electrons. The molecule has 35 heavy (non-hydrogen) atoms. The van der Waals surface area contributed by atoms with Crippen LogP contribution < -0.4 is 0 Å². The number of aliphatic carboxylic acids is 3. The van der Waals surface area contributed by atoms with Crippen molar-refractivity contribution < 1.29 is 29.7 Å². The SMILES string of the molecule is C.C.CCCC1CC(C)C2C3CC(C(C(=O)O)C3C(=O)O)C12.CCCC1CC(C)CC1(C)C(=O)O. The molecule has 0 aromatic carbocycles. The zero-order chi connectivity index (χ0) is 24.7. The van der Waals surface area contributed by atoms with E-state index in [9.17, 15) is 29.7 Å². The highest BCUT2D eigenvalue weighted by atomic mass is 16.4. The third-order valence-electron chi connectivity index (χ3n) is 9.88. The first-order valence-corrected chi connectivity index (χ1v) is 13.2. The summed E-state index contributed by atoms with van der Waals surface area (Å²) in [4.78, 5) is 34.3. The Morgan fingerprint density at radius 3 is 1.77 bits per heavy atom. The summed E-state index contributed by atoms with van der Waals surface area (Å²) in [5.74, 6) is -0.421. The van der Waals surface area contributed by atoms with E-state index in [4.69, 9.17) is 0 Å². The van der Waals surface area contributed by atoms with Gasteiger partial charge in [-0.3, -0.25) is 14.4 Å². The van der Waals surface area contributed by atoms with Crippen LogP contribution in [0.5, 0.6) is 0 Å². The molecule has 4 fully saturated rings. The van der Waals surface area contributed by atoms with Crippen LogP contribution >= 0.6 is 0 Å². The first-order chi connectivity index (χ1) is 15.5. The number of fused-ring (bicyclic) bond motifs is 5. The van der Waals surface area contributed by atoms with Crippen molar-refractivity contribution in [1.29, 1.82) is 0 Å². The van der Waals surface area contributed by atoms with Gasteiger partial charge in [-0.05, 0) is 86.4 Å². The van der Waals surface area contributed by atoms with E-state index in [0.717, 1.165) is 44.9 Å². The lowest BCUT2D eigenvalue weighted by Gasteiger charge is -2.37. The Morgan fingerprint density at radius 1 is 0.800 bits per heavy atom. The van der Waals surface area contributed by atoms with Gasteiger partial charge in [0.25, 0.3) is 0 Å². The van der Waals surface area contributed by atoms with Crippen molar-refractivity contribution in [3.8, 4) is 0 Å². The third-order valence-corrected chi connectivity index (χ3v) is 9.88. The maximum atomic E-state index is 11.6. The predicted molar refractivity (Wildman–Crippen MR) is 139 cm³/mol. The molecule has 4 aliphatic rings. The van der Waals surface area contributed by atoms with Gasteiger partial charge < -0.3 is 15.3 Å². The monoisotopic (exact) mass is 496 g/mol. The smallest absolute Gasteiger partial charge is 0.309 e. The molecule has 6 heteroatoms. The third kappa shape index (κ3) is 5.56. The summed E-state index contributed by atoms with van der Waals surface area (Å²) in [5.41, 5.74) is -0.449. The molecule has 0 radical (unpaired) electrons. The molecule has 0 aromatic heterocycles. The maximum absolute atomic E-state index is 11.6. The Labute approximate surface area is 213 Å². The summed E-state index contributed by atoms with van der Waals surface area (Å²) in [7, 11) is 0. The minimum atomic E-state index is -0.894. The molecular weight excluding hydrogens is 444 g/mol. The molecule has 0 amide bonds. The summed E-state index contributed by atoms with van der Waals surface area (Å²) < 4.78 is 0. The fraction of sp³-hybridized carbons (Fsp3) is 0.897. The van der Waals surface area contributed by atoms with Gasteiger partial charge in [0.05, 0.1) is 17.3 Å². The average molecular weight is 497 g/mol. The van der Waals surface area contributed by atoms with Crippen molar-refractivity contribution in [2.24, 2.45) is 64.6 Å². The molecule has 0 aliphatic heterocycles. The Bertz CT molecular complexity index is 749. The molecular formula is C29H52O6. The van der Waals surface area contributed by atoms with Gasteiger partial charge in [-0.25, -0.2) is 0 Å². The van der Waals surface area contributed by atoms with E-state index in [-0.39, 0.29) is 26.7 Å². The fourth-order valence-corrected chi connectivity index (χ4v) is 8.88. The van der Waals surface area contributed by atoms with Crippen LogP contribution in [0.4, 0.5) is 0 Å². The van der Waals surface area contributed by atoms with Gasteiger partial charge in [0.15, 0.2) is 0 Å². The number of rotatable bonds is 7. The molecule has 4 aliphatic carbocycles. The number of carbonyl (C=O) groups is 3. The van der Waals surface area contributed by atoms with Crippen molar-refractivity contribution in [3.63, 3.8) is 0 Å². The Balaban J connectivity index is 0.000000360. The molecule has 0 heterocycles. The average Bonchev–Trinajstić information content (AvgIpc) is 3.44. The summed E-state index contributed by atoms with van der Waals surface area (Å²) in [6, 6.07) is 0. The topological polar surface area (TPSA) is 112 Å². The highest BCUT2D eigenvalue weighted by Crippen LogP contribution is 2.67. The first kappa shape index (κ1) is 31.4. The fourth-order valence-electron chi connectivity index (χ4n) is 8.88. The van der Waals surface area contributed by atoms with Crippen LogP contribution in [-0.4, -0.2) is 33.2 Å². The van der Waals surface area contributed by atoms with E-state index in [1.54, 1.807) is 0 Å². The van der Waals surface area contributed by atoms with Gasteiger partial charge >= 0.3 is 17.9 Å². The number of hydrogen-bond acceptors (Lipinski definition) is 3. The Hall–Kier alpha value is -1.59. The minimum absolute atomic E-state index is 0. The Morgan fingerprint density at radius 2 is 1.31 bits per heavy atom. The van der Waals surface area contributed by atoms with Gasteiger partial charge in [0.1, 0.15) is 0 Å².